The standard InChI is InChI=1S/C19H27NO3/c1-4-17(11-14-7-5-13(2)6-8-14)20(3)18(21)15-9-10-16(12-15)19(22)23/h5-8,15-17H,4,9-12H2,1-3H3,(H,22,23)/t15-,16+,17?/m1/s1. The maximum atomic E-state index is 12.7. The normalized spacial score (nSPS) is 21.9. The highest BCUT2D eigenvalue weighted by Crippen LogP contribution is 2.32. The first-order valence-electron chi connectivity index (χ1n) is 8.47. The van der Waals surface area contributed by atoms with Crippen molar-refractivity contribution in [3.63, 3.8) is 0 Å². The van der Waals surface area contributed by atoms with Gasteiger partial charge in [-0.25, -0.2) is 0 Å². The van der Waals surface area contributed by atoms with Crippen molar-refractivity contribution < 1.29 is 14.7 Å². The summed E-state index contributed by atoms with van der Waals surface area (Å²) in [6, 6.07) is 8.59. The first kappa shape index (κ1) is 17.5. The van der Waals surface area contributed by atoms with Crippen molar-refractivity contribution in [2.75, 3.05) is 7.05 Å². The van der Waals surface area contributed by atoms with Crippen LogP contribution >= 0.6 is 0 Å². The maximum absolute atomic E-state index is 12.7. The van der Waals surface area contributed by atoms with Crippen LogP contribution in [0.1, 0.15) is 43.7 Å². The van der Waals surface area contributed by atoms with Gasteiger partial charge in [0.2, 0.25) is 5.91 Å². The average molecular weight is 317 g/mol. The van der Waals surface area contributed by atoms with Gasteiger partial charge in [-0.15, -0.1) is 0 Å². The van der Waals surface area contributed by atoms with E-state index in [0.29, 0.717) is 19.3 Å². The second kappa shape index (κ2) is 7.62. The van der Waals surface area contributed by atoms with Crippen LogP contribution in [0.5, 0.6) is 0 Å². The topological polar surface area (TPSA) is 57.6 Å². The molecular formula is C19H27NO3. The first-order chi connectivity index (χ1) is 10.9. The van der Waals surface area contributed by atoms with E-state index in [0.717, 1.165) is 12.8 Å². The Morgan fingerprint density at radius 2 is 1.83 bits per heavy atom. The summed E-state index contributed by atoms with van der Waals surface area (Å²) < 4.78 is 0. The molecule has 0 bridgehead atoms. The van der Waals surface area contributed by atoms with E-state index >= 15 is 0 Å². The number of aliphatic carboxylic acids is 1. The summed E-state index contributed by atoms with van der Waals surface area (Å²) in [7, 11) is 1.86. The molecule has 126 valence electrons. The molecule has 1 unspecified atom stereocenters. The third kappa shape index (κ3) is 4.34. The van der Waals surface area contributed by atoms with Crippen LogP contribution in [0.25, 0.3) is 0 Å². The van der Waals surface area contributed by atoms with E-state index in [1.54, 1.807) is 0 Å². The van der Waals surface area contributed by atoms with Crippen molar-refractivity contribution in [3.8, 4) is 0 Å². The SMILES string of the molecule is CCC(Cc1ccc(C)cc1)N(C)C(=O)[C@@H]1CC[C@H](C(=O)O)C1. The number of nitrogens with zero attached hydrogens (tertiary/aromatic N) is 1. The Morgan fingerprint density at radius 3 is 2.35 bits per heavy atom. The highest BCUT2D eigenvalue weighted by Gasteiger charge is 2.36. The summed E-state index contributed by atoms with van der Waals surface area (Å²) in [5, 5.41) is 9.10. The zero-order valence-electron chi connectivity index (χ0n) is 14.3. The van der Waals surface area contributed by atoms with E-state index in [1.807, 2.05) is 11.9 Å². The Balaban J connectivity index is 1.98. The quantitative estimate of drug-likeness (QED) is 0.876. The van der Waals surface area contributed by atoms with Crippen LogP contribution in [-0.2, 0) is 16.0 Å². The Labute approximate surface area is 138 Å². The third-order valence-electron chi connectivity index (χ3n) is 5.09. The minimum atomic E-state index is -0.769. The van der Waals surface area contributed by atoms with Gasteiger partial charge in [0.1, 0.15) is 0 Å². The number of carboxylic acid groups (broad SMARTS) is 1. The number of carbonyl (C=O) groups excluding carboxylic acids is 1. The molecule has 2 rings (SSSR count). The fourth-order valence-corrected chi connectivity index (χ4v) is 3.45. The average Bonchev–Trinajstić information content (AvgIpc) is 3.03. The monoisotopic (exact) mass is 317 g/mol. The van der Waals surface area contributed by atoms with Gasteiger partial charge in [-0.1, -0.05) is 36.8 Å². The number of carboxylic acids is 1. The van der Waals surface area contributed by atoms with E-state index in [2.05, 4.69) is 38.1 Å². The lowest BCUT2D eigenvalue weighted by atomic mass is 9.98. The summed E-state index contributed by atoms with van der Waals surface area (Å²) in [5.74, 6) is -1.15. The highest BCUT2D eigenvalue weighted by molar-refractivity contribution is 5.81. The molecule has 0 spiro atoms. The molecular weight excluding hydrogens is 290 g/mol. The van der Waals surface area contributed by atoms with Gasteiger partial charge in [0.15, 0.2) is 0 Å². The van der Waals surface area contributed by atoms with Gasteiger partial charge in [0.05, 0.1) is 5.92 Å². The van der Waals surface area contributed by atoms with E-state index in [9.17, 15) is 9.59 Å². The number of benzene rings is 1. The fraction of sp³-hybridized carbons (Fsp3) is 0.579. The minimum absolute atomic E-state index is 0.104. The molecule has 1 aliphatic rings. The Morgan fingerprint density at radius 1 is 1.22 bits per heavy atom. The molecule has 4 heteroatoms. The number of rotatable bonds is 6. The van der Waals surface area contributed by atoms with Gasteiger partial charge in [-0.3, -0.25) is 9.59 Å². The van der Waals surface area contributed by atoms with Crippen molar-refractivity contribution in [1.29, 1.82) is 0 Å². The smallest absolute Gasteiger partial charge is 0.306 e. The molecule has 1 N–H and O–H groups in total. The lowest BCUT2D eigenvalue weighted by molar-refractivity contribution is -0.141. The summed E-state index contributed by atoms with van der Waals surface area (Å²) in [4.78, 5) is 25.6. The largest absolute Gasteiger partial charge is 0.481 e. The molecule has 1 amide bonds. The molecule has 0 aromatic heterocycles. The van der Waals surface area contributed by atoms with Crippen molar-refractivity contribution in [2.45, 2.75) is 52.0 Å². The van der Waals surface area contributed by atoms with Crippen LogP contribution in [0.4, 0.5) is 0 Å². The molecule has 23 heavy (non-hydrogen) atoms. The van der Waals surface area contributed by atoms with Gasteiger partial charge in [-0.2, -0.15) is 0 Å². The molecule has 0 aliphatic heterocycles. The zero-order valence-corrected chi connectivity index (χ0v) is 14.3. The van der Waals surface area contributed by atoms with E-state index in [1.165, 1.54) is 11.1 Å². The van der Waals surface area contributed by atoms with Crippen molar-refractivity contribution in [1.82, 2.24) is 4.90 Å². The molecule has 4 nitrogen and oxygen atoms in total. The summed E-state index contributed by atoms with van der Waals surface area (Å²) in [6.45, 7) is 4.16. The van der Waals surface area contributed by atoms with Crippen molar-refractivity contribution in [3.05, 3.63) is 35.4 Å². The van der Waals surface area contributed by atoms with Crippen LogP contribution in [0, 0.1) is 18.8 Å². The molecule has 1 fully saturated rings. The fourth-order valence-electron chi connectivity index (χ4n) is 3.45. The molecule has 0 heterocycles. The number of aryl methyl sites for hydroxylation is 1. The third-order valence-corrected chi connectivity index (χ3v) is 5.09. The molecule has 1 aliphatic carbocycles. The minimum Gasteiger partial charge on any atom is -0.481 e. The number of likely N-dealkylation sites (N-methyl/N-ethyl adjacent to an activating group) is 1. The van der Waals surface area contributed by atoms with E-state index in [4.69, 9.17) is 5.11 Å². The number of hydrogen-bond acceptors (Lipinski definition) is 2. The van der Waals surface area contributed by atoms with Gasteiger partial charge in [-0.05, 0) is 44.6 Å². The van der Waals surface area contributed by atoms with Gasteiger partial charge >= 0.3 is 5.97 Å². The molecule has 0 saturated heterocycles. The van der Waals surface area contributed by atoms with E-state index < -0.39 is 5.97 Å². The molecule has 1 aromatic rings. The first-order valence-corrected chi connectivity index (χ1v) is 8.47. The Bertz CT molecular complexity index is 552. The summed E-state index contributed by atoms with van der Waals surface area (Å²) in [5.41, 5.74) is 2.47. The number of carbonyl (C=O) groups is 2. The van der Waals surface area contributed by atoms with E-state index in [-0.39, 0.29) is 23.8 Å². The number of hydrogen-bond donors (Lipinski definition) is 1. The molecule has 0 radical (unpaired) electrons. The van der Waals surface area contributed by atoms with Crippen LogP contribution < -0.4 is 0 Å². The van der Waals surface area contributed by atoms with Crippen LogP contribution in [-0.4, -0.2) is 35.0 Å². The predicted octanol–water partition coefficient (Wildman–Crippen LogP) is 3.28. The van der Waals surface area contributed by atoms with Gasteiger partial charge < -0.3 is 10.0 Å². The molecule has 3 atom stereocenters. The van der Waals surface area contributed by atoms with Crippen molar-refractivity contribution >= 4 is 11.9 Å². The summed E-state index contributed by atoms with van der Waals surface area (Å²) >= 11 is 0. The molecule has 1 saturated carbocycles. The maximum Gasteiger partial charge on any atom is 0.306 e. The van der Waals surface area contributed by atoms with Gasteiger partial charge in [0.25, 0.3) is 0 Å². The highest BCUT2D eigenvalue weighted by atomic mass is 16.4. The van der Waals surface area contributed by atoms with Crippen LogP contribution in [0.3, 0.4) is 0 Å². The Hall–Kier alpha value is -1.84. The molecule has 1 aromatic carbocycles. The van der Waals surface area contributed by atoms with Gasteiger partial charge in [0, 0.05) is 19.0 Å². The Kier molecular flexibility index (Phi) is 5.80. The lowest BCUT2D eigenvalue weighted by Crippen LogP contribution is -2.41. The predicted molar refractivity (Wildman–Crippen MR) is 90.2 cm³/mol. The van der Waals surface area contributed by atoms with Crippen molar-refractivity contribution in [2.24, 2.45) is 11.8 Å². The lowest BCUT2D eigenvalue weighted by Gasteiger charge is -2.30. The second-order valence-corrected chi connectivity index (χ2v) is 6.75. The second-order valence-electron chi connectivity index (χ2n) is 6.75. The summed E-state index contributed by atoms with van der Waals surface area (Å²) in [6.07, 6.45) is 3.54. The zero-order chi connectivity index (χ0) is 17.0. The van der Waals surface area contributed by atoms with Crippen LogP contribution in [0.15, 0.2) is 24.3 Å². The number of amides is 1. The van der Waals surface area contributed by atoms with Crippen LogP contribution in [0.2, 0.25) is 0 Å².